The van der Waals surface area contributed by atoms with Gasteiger partial charge in [0.05, 0.1) is 0 Å². The van der Waals surface area contributed by atoms with E-state index in [1.807, 2.05) is 6.08 Å². The molecule has 3 nitrogen and oxygen atoms in total. The lowest BCUT2D eigenvalue weighted by Crippen LogP contribution is -2.47. The average Bonchev–Trinajstić information content (AvgIpc) is 2.20. The Morgan fingerprint density at radius 3 is 2.15 bits per heavy atom. The van der Waals surface area contributed by atoms with Gasteiger partial charge in [0.2, 0.25) is 0 Å². The third kappa shape index (κ3) is 2.53. The maximum absolute atomic E-state index is 5.75. The molecule has 1 aliphatic rings. The highest BCUT2D eigenvalue weighted by Gasteiger charge is 2.31. The highest BCUT2D eigenvalue weighted by molar-refractivity contribution is 4.89. The predicted molar refractivity (Wildman–Crippen MR) is 56.4 cm³/mol. The molecule has 1 fully saturated rings. The Morgan fingerprint density at radius 1 is 1.23 bits per heavy atom. The largest absolute Gasteiger partial charge is 0.330 e. The number of nitrogens with two attached hydrogens (primary N) is 2. The molecular formula is C10H21N3. The van der Waals surface area contributed by atoms with Gasteiger partial charge in [-0.25, -0.2) is 0 Å². The van der Waals surface area contributed by atoms with Gasteiger partial charge < -0.3 is 11.5 Å². The Balaban J connectivity index is 2.40. The summed E-state index contributed by atoms with van der Waals surface area (Å²) in [5.74, 6) is 0. The molecule has 76 valence electrons. The molecule has 1 heterocycles. The van der Waals surface area contributed by atoms with Crippen molar-refractivity contribution < 1.29 is 0 Å². The van der Waals surface area contributed by atoms with Crippen molar-refractivity contribution in [3.63, 3.8) is 0 Å². The summed E-state index contributed by atoms with van der Waals surface area (Å²) in [7, 11) is 0. The van der Waals surface area contributed by atoms with E-state index in [0.717, 1.165) is 45.6 Å². The number of nitrogens with zero attached hydrogens (tertiary/aromatic N) is 1. The standard InChI is InChI=1S/C10H21N3/c1-2-5-13-6-3-10(8-11,9-12)4-7-13/h2H,1,3-9,11-12H2. The molecule has 1 aliphatic heterocycles. The smallest absolute Gasteiger partial charge is 0.0160 e. The van der Waals surface area contributed by atoms with Crippen LogP contribution in [0.25, 0.3) is 0 Å². The molecular weight excluding hydrogens is 162 g/mol. The van der Waals surface area contributed by atoms with Crippen molar-refractivity contribution in [1.29, 1.82) is 0 Å². The van der Waals surface area contributed by atoms with E-state index >= 15 is 0 Å². The lowest BCUT2D eigenvalue weighted by atomic mass is 9.78. The van der Waals surface area contributed by atoms with Crippen LogP contribution in [0.2, 0.25) is 0 Å². The maximum Gasteiger partial charge on any atom is 0.0160 e. The van der Waals surface area contributed by atoms with Crippen molar-refractivity contribution >= 4 is 0 Å². The molecule has 0 aromatic heterocycles. The fourth-order valence-corrected chi connectivity index (χ4v) is 1.88. The summed E-state index contributed by atoms with van der Waals surface area (Å²) in [4.78, 5) is 2.40. The lowest BCUT2D eigenvalue weighted by Gasteiger charge is -2.40. The Kier molecular flexibility index (Phi) is 3.90. The zero-order valence-electron chi connectivity index (χ0n) is 8.34. The van der Waals surface area contributed by atoms with Crippen LogP contribution in [-0.4, -0.2) is 37.6 Å². The van der Waals surface area contributed by atoms with Crippen LogP contribution in [0.5, 0.6) is 0 Å². The van der Waals surface area contributed by atoms with Gasteiger partial charge in [0.25, 0.3) is 0 Å². The molecule has 0 bridgehead atoms. The van der Waals surface area contributed by atoms with Gasteiger partial charge in [-0.15, -0.1) is 6.58 Å². The molecule has 0 amide bonds. The molecule has 13 heavy (non-hydrogen) atoms. The molecule has 0 saturated carbocycles. The molecule has 3 heteroatoms. The minimum Gasteiger partial charge on any atom is -0.330 e. The molecule has 0 unspecified atom stereocenters. The summed E-state index contributed by atoms with van der Waals surface area (Å²) < 4.78 is 0. The zero-order valence-corrected chi connectivity index (χ0v) is 8.34. The van der Waals surface area contributed by atoms with Gasteiger partial charge in [0, 0.05) is 6.54 Å². The first-order valence-corrected chi connectivity index (χ1v) is 5.00. The molecule has 0 atom stereocenters. The summed E-state index contributed by atoms with van der Waals surface area (Å²) in [6.45, 7) is 8.41. The summed E-state index contributed by atoms with van der Waals surface area (Å²) in [6, 6.07) is 0. The van der Waals surface area contributed by atoms with Gasteiger partial charge in [-0.2, -0.15) is 0 Å². The van der Waals surface area contributed by atoms with Crippen molar-refractivity contribution in [2.24, 2.45) is 16.9 Å². The van der Waals surface area contributed by atoms with Crippen molar-refractivity contribution in [3.05, 3.63) is 12.7 Å². The second kappa shape index (κ2) is 4.74. The SMILES string of the molecule is C=CCN1CCC(CN)(CN)CC1. The number of hydrogen-bond acceptors (Lipinski definition) is 3. The summed E-state index contributed by atoms with van der Waals surface area (Å²) in [5.41, 5.74) is 11.7. The molecule has 0 aromatic rings. The van der Waals surface area contributed by atoms with E-state index in [9.17, 15) is 0 Å². The van der Waals surface area contributed by atoms with E-state index < -0.39 is 0 Å². The third-order valence-electron chi connectivity index (χ3n) is 3.17. The van der Waals surface area contributed by atoms with Crippen LogP contribution in [-0.2, 0) is 0 Å². The molecule has 4 N–H and O–H groups in total. The number of hydrogen-bond donors (Lipinski definition) is 2. The Hall–Kier alpha value is -0.380. The van der Waals surface area contributed by atoms with E-state index in [2.05, 4.69) is 11.5 Å². The molecule has 0 aromatic carbocycles. The van der Waals surface area contributed by atoms with Gasteiger partial charge in [0.15, 0.2) is 0 Å². The van der Waals surface area contributed by atoms with Crippen LogP contribution in [0.1, 0.15) is 12.8 Å². The normalized spacial score (nSPS) is 22.9. The van der Waals surface area contributed by atoms with Gasteiger partial charge in [0.1, 0.15) is 0 Å². The lowest BCUT2D eigenvalue weighted by molar-refractivity contribution is 0.125. The molecule has 0 radical (unpaired) electrons. The molecule has 0 aliphatic carbocycles. The predicted octanol–water partition coefficient (Wildman–Crippen LogP) is 0.172. The minimum absolute atomic E-state index is 0.220. The van der Waals surface area contributed by atoms with E-state index in [1.54, 1.807) is 0 Å². The van der Waals surface area contributed by atoms with Crippen molar-refractivity contribution in [2.75, 3.05) is 32.7 Å². The first-order valence-electron chi connectivity index (χ1n) is 5.00. The number of piperidine rings is 1. The van der Waals surface area contributed by atoms with Crippen LogP contribution in [0.3, 0.4) is 0 Å². The quantitative estimate of drug-likeness (QED) is 0.611. The number of rotatable bonds is 4. The summed E-state index contributed by atoms with van der Waals surface area (Å²) in [6.07, 6.45) is 4.22. The molecule has 1 saturated heterocycles. The summed E-state index contributed by atoms with van der Waals surface area (Å²) in [5, 5.41) is 0. The Labute approximate surface area is 80.8 Å². The van der Waals surface area contributed by atoms with E-state index in [1.165, 1.54) is 0 Å². The topological polar surface area (TPSA) is 55.3 Å². The molecule has 1 rings (SSSR count). The van der Waals surface area contributed by atoms with Crippen molar-refractivity contribution in [1.82, 2.24) is 4.90 Å². The fraction of sp³-hybridized carbons (Fsp3) is 0.800. The zero-order chi connectivity index (χ0) is 9.73. The maximum atomic E-state index is 5.75. The monoisotopic (exact) mass is 183 g/mol. The van der Waals surface area contributed by atoms with Crippen molar-refractivity contribution in [3.8, 4) is 0 Å². The third-order valence-corrected chi connectivity index (χ3v) is 3.17. The Morgan fingerprint density at radius 2 is 1.77 bits per heavy atom. The minimum atomic E-state index is 0.220. The van der Waals surface area contributed by atoms with Gasteiger partial charge in [-0.05, 0) is 44.4 Å². The highest BCUT2D eigenvalue weighted by Crippen LogP contribution is 2.28. The fourth-order valence-electron chi connectivity index (χ4n) is 1.88. The highest BCUT2D eigenvalue weighted by atomic mass is 15.1. The molecule has 0 spiro atoms. The average molecular weight is 183 g/mol. The van der Waals surface area contributed by atoms with E-state index in [4.69, 9.17) is 11.5 Å². The van der Waals surface area contributed by atoms with Gasteiger partial charge >= 0.3 is 0 Å². The van der Waals surface area contributed by atoms with Gasteiger partial charge in [-0.1, -0.05) is 6.08 Å². The van der Waals surface area contributed by atoms with Crippen LogP contribution in [0.4, 0.5) is 0 Å². The van der Waals surface area contributed by atoms with Gasteiger partial charge in [-0.3, -0.25) is 4.90 Å². The first kappa shape index (κ1) is 10.7. The second-order valence-corrected chi connectivity index (χ2v) is 4.00. The van der Waals surface area contributed by atoms with Crippen LogP contribution >= 0.6 is 0 Å². The van der Waals surface area contributed by atoms with Crippen LogP contribution < -0.4 is 11.5 Å². The number of likely N-dealkylation sites (tertiary alicyclic amines) is 1. The van der Waals surface area contributed by atoms with E-state index in [0.29, 0.717) is 0 Å². The second-order valence-electron chi connectivity index (χ2n) is 4.00. The summed E-state index contributed by atoms with van der Waals surface area (Å²) >= 11 is 0. The van der Waals surface area contributed by atoms with E-state index in [-0.39, 0.29) is 5.41 Å². The Bertz CT molecular complexity index is 154. The van der Waals surface area contributed by atoms with Crippen LogP contribution in [0.15, 0.2) is 12.7 Å². The first-order chi connectivity index (χ1) is 6.26. The van der Waals surface area contributed by atoms with Crippen LogP contribution in [0, 0.1) is 5.41 Å². The van der Waals surface area contributed by atoms with Crippen molar-refractivity contribution in [2.45, 2.75) is 12.8 Å².